The number of amides is 1. The quantitative estimate of drug-likeness (QED) is 0.702. The van der Waals surface area contributed by atoms with Gasteiger partial charge in [0.1, 0.15) is 5.75 Å². The van der Waals surface area contributed by atoms with Crippen molar-refractivity contribution in [1.82, 2.24) is 4.98 Å². The van der Waals surface area contributed by atoms with E-state index in [4.69, 9.17) is 4.74 Å². The molecule has 2 N–H and O–H groups in total. The predicted molar refractivity (Wildman–Crippen MR) is 110 cm³/mol. The van der Waals surface area contributed by atoms with Gasteiger partial charge in [0.15, 0.2) is 0 Å². The smallest absolute Gasteiger partial charge is 0.235 e. The second-order valence-electron chi connectivity index (χ2n) is 9.02. The summed E-state index contributed by atoms with van der Waals surface area (Å²) >= 11 is 0. The van der Waals surface area contributed by atoms with Crippen LogP contribution in [0.3, 0.4) is 0 Å². The molecule has 0 radical (unpaired) electrons. The summed E-state index contributed by atoms with van der Waals surface area (Å²) in [6.45, 7) is 7.25. The largest absolute Gasteiger partial charge is 0.492 e. The monoisotopic (exact) mass is 372 g/mol. The van der Waals surface area contributed by atoms with Crippen LogP contribution in [-0.2, 0) is 22.0 Å². The first-order valence-electron chi connectivity index (χ1n) is 9.90. The van der Waals surface area contributed by atoms with E-state index < -0.39 is 5.41 Å². The molecule has 4 nitrogen and oxygen atoms in total. The maximum absolute atomic E-state index is 13.1. The fourth-order valence-corrected chi connectivity index (χ4v) is 3.90. The summed E-state index contributed by atoms with van der Waals surface area (Å²) < 4.78 is 5.65. The van der Waals surface area contributed by atoms with E-state index in [1.807, 2.05) is 24.3 Å². The molecule has 2 heterocycles. The van der Waals surface area contributed by atoms with Gasteiger partial charge in [-0.2, -0.15) is 0 Å². The van der Waals surface area contributed by atoms with Crippen LogP contribution in [0.25, 0.3) is 10.9 Å². The van der Waals surface area contributed by atoms with E-state index in [1.54, 1.807) is 0 Å². The van der Waals surface area contributed by atoms with Gasteiger partial charge in [-0.25, -0.2) is 0 Å². The Kier molecular flexibility index (Phi) is 3.55. The van der Waals surface area contributed by atoms with E-state index in [1.165, 1.54) is 5.69 Å². The van der Waals surface area contributed by atoms with Crippen molar-refractivity contribution < 1.29 is 9.53 Å². The molecule has 0 bridgehead atoms. The molecule has 0 saturated heterocycles. The SMILES string of the molecule is CC(C)(C)c1cc2cc(NC(=O)C3(c4c#cc5c(c4)OCC5)CC3)ccc2[nH]1. The van der Waals surface area contributed by atoms with Crippen LogP contribution >= 0.6 is 0 Å². The number of aromatic amines is 1. The molecular formula is C24H24N2O2. The van der Waals surface area contributed by atoms with E-state index in [0.29, 0.717) is 6.61 Å². The third-order valence-corrected chi connectivity index (χ3v) is 5.92. The highest BCUT2D eigenvalue weighted by Crippen LogP contribution is 2.49. The molecule has 1 fully saturated rings. The Morgan fingerprint density at radius 3 is 2.75 bits per heavy atom. The molecule has 3 aromatic rings. The number of hydrogen-bond donors (Lipinski definition) is 2. The van der Waals surface area contributed by atoms with Crippen molar-refractivity contribution in [1.29, 1.82) is 0 Å². The summed E-state index contributed by atoms with van der Waals surface area (Å²) in [5, 5.41) is 4.23. The topological polar surface area (TPSA) is 54.1 Å². The molecule has 142 valence electrons. The van der Waals surface area contributed by atoms with Crippen LogP contribution in [-0.4, -0.2) is 17.5 Å². The number of nitrogens with one attached hydrogen (secondary N) is 2. The molecule has 1 aliphatic carbocycles. The molecule has 0 atom stereocenters. The molecule has 1 amide bonds. The Morgan fingerprint density at radius 2 is 2.00 bits per heavy atom. The van der Waals surface area contributed by atoms with Gasteiger partial charge < -0.3 is 15.0 Å². The fraction of sp³-hybridized carbons (Fsp3) is 0.375. The molecule has 0 spiro atoms. The lowest BCUT2D eigenvalue weighted by Crippen LogP contribution is -2.27. The van der Waals surface area contributed by atoms with Gasteiger partial charge in [-0.05, 0) is 43.2 Å². The molecular weight excluding hydrogens is 348 g/mol. The Labute approximate surface area is 165 Å². The number of hydrogen-bond acceptors (Lipinski definition) is 2. The number of carbonyl (C=O) groups excluding carboxylic acids is 1. The Bertz CT molecular complexity index is 1080. The molecule has 1 aliphatic heterocycles. The minimum absolute atomic E-state index is 0.0287. The second-order valence-corrected chi connectivity index (χ2v) is 9.02. The first kappa shape index (κ1) is 17.2. The first-order chi connectivity index (χ1) is 13.3. The molecule has 28 heavy (non-hydrogen) atoms. The van der Waals surface area contributed by atoms with E-state index >= 15 is 0 Å². The summed E-state index contributed by atoms with van der Waals surface area (Å²) in [6.07, 6.45) is 2.55. The van der Waals surface area contributed by atoms with E-state index in [-0.39, 0.29) is 11.3 Å². The average Bonchev–Trinajstić information content (AvgIpc) is 3.13. The number of benzene rings is 1. The second kappa shape index (κ2) is 5.78. The summed E-state index contributed by atoms with van der Waals surface area (Å²) in [5.41, 5.74) is 4.61. The van der Waals surface area contributed by atoms with Crippen LogP contribution in [0, 0.1) is 12.1 Å². The van der Waals surface area contributed by atoms with Gasteiger partial charge in [-0.3, -0.25) is 4.79 Å². The molecule has 4 heteroatoms. The Balaban J connectivity index is 1.40. The summed E-state index contributed by atoms with van der Waals surface area (Å²) in [7, 11) is 0. The normalized spacial score (nSPS) is 17.0. The van der Waals surface area contributed by atoms with Gasteiger partial charge in [-0.15, -0.1) is 0 Å². The maximum Gasteiger partial charge on any atom is 0.235 e. The van der Waals surface area contributed by atoms with Crippen LogP contribution in [0.1, 0.15) is 50.4 Å². The zero-order valence-corrected chi connectivity index (χ0v) is 16.5. The highest BCUT2D eigenvalue weighted by atomic mass is 16.5. The van der Waals surface area contributed by atoms with Crippen LogP contribution in [0.15, 0.2) is 30.3 Å². The number of rotatable bonds is 3. The Morgan fingerprint density at radius 1 is 1.18 bits per heavy atom. The number of anilines is 1. The van der Waals surface area contributed by atoms with Gasteiger partial charge in [0.25, 0.3) is 0 Å². The first-order valence-corrected chi connectivity index (χ1v) is 9.90. The summed E-state index contributed by atoms with van der Waals surface area (Å²) in [4.78, 5) is 16.6. The highest BCUT2D eigenvalue weighted by molar-refractivity contribution is 6.02. The zero-order chi connectivity index (χ0) is 19.5. The molecule has 2 aliphatic rings. The van der Waals surface area contributed by atoms with Gasteiger partial charge in [0.05, 0.1) is 12.0 Å². The number of carbonyl (C=O) groups is 1. The van der Waals surface area contributed by atoms with Crippen LogP contribution in [0.5, 0.6) is 5.75 Å². The standard InChI is InChI=1S/C24H24N2O2/c1-23(2,3)21-13-16-12-18(6-7-19(16)26-21)25-22(27)24(9-10-24)17-5-4-15-8-11-28-20(15)14-17/h6-7,12-14,26H,8-11H2,1-3H3,(H,25,27). The van der Waals surface area contributed by atoms with Crippen molar-refractivity contribution >= 4 is 22.5 Å². The average molecular weight is 372 g/mol. The van der Waals surface area contributed by atoms with E-state index in [2.05, 4.69) is 49.3 Å². The number of H-pyrrole nitrogens is 1. The highest BCUT2D eigenvalue weighted by Gasteiger charge is 2.52. The molecule has 0 unspecified atom stereocenters. The fourth-order valence-electron chi connectivity index (χ4n) is 3.90. The van der Waals surface area contributed by atoms with Crippen LogP contribution in [0.4, 0.5) is 5.69 Å². The van der Waals surface area contributed by atoms with Crippen molar-refractivity contribution in [3.05, 3.63) is 59.3 Å². The van der Waals surface area contributed by atoms with Gasteiger partial charge >= 0.3 is 0 Å². The van der Waals surface area contributed by atoms with Crippen molar-refractivity contribution in [3.63, 3.8) is 0 Å². The van der Waals surface area contributed by atoms with Gasteiger partial charge in [0, 0.05) is 45.2 Å². The van der Waals surface area contributed by atoms with Crippen molar-refractivity contribution in [2.45, 2.75) is 50.9 Å². The molecule has 2 aromatic carbocycles. The van der Waals surface area contributed by atoms with Gasteiger partial charge in [0.2, 0.25) is 5.91 Å². The minimum atomic E-state index is -0.499. The van der Waals surface area contributed by atoms with Crippen LogP contribution in [0.2, 0.25) is 0 Å². The third kappa shape index (κ3) is 2.74. The number of aromatic nitrogens is 1. The molecule has 1 aromatic heterocycles. The van der Waals surface area contributed by atoms with Crippen molar-refractivity contribution in [3.8, 4) is 5.75 Å². The molecule has 1 saturated carbocycles. The van der Waals surface area contributed by atoms with Crippen molar-refractivity contribution in [2.75, 3.05) is 11.9 Å². The van der Waals surface area contributed by atoms with E-state index in [0.717, 1.165) is 52.7 Å². The summed E-state index contributed by atoms with van der Waals surface area (Å²) in [6, 6.07) is 16.6. The maximum atomic E-state index is 13.1. The molecule has 5 rings (SSSR count). The number of fused-ring (bicyclic) bond motifs is 2. The lowest BCUT2D eigenvalue weighted by Gasteiger charge is -2.15. The zero-order valence-electron chi connectivity index (χ0n) is 16.5. The number of ether oxygens (including phenoxy) is 1. The van der Waals surface area contributed by atoms with Gasteiger partial charge in [-0.1, -0.05) is 32.9 Å². The minimum Gasteiger partial charge on any atom is -0.492 e. The third-order valence-electron chi connectivity index (χ3n) is 5.92. The summed E-state index contributed by atoms with van der Waals surface area (Å²) in [5.74, 6) is 0.886. The van der Waals surface area contributed by atoms with E-state index in [9.17, 15) is 4.79 Å². The lowest BCUT2D eigenvalue weighted by molar-refractivity contribution is -0.118. The Hall–Kier alpha value is -2.93. The van der Waals surface area contributed by atoms with Crippen LogP contribution < -0.4 is 10.1 Å². The van der Waals surface area contributed by atoms with Crippen molar-refractivity contribution in [2.24, 2.45) is 0 Å². The lowest BCUT2D eigenvalue weighted by atomic mass is 9.92. The predicted octanol–water partition coefficient (Wildman–Crippen LogP) is 4.67.